The van der Waals surface area contributed by atoms with Crippen LogP contribution in [0.2, 0.25) is 0 Å². The van der Waals surface area contributed by atoms with Gasteiger partial charge in [0.25, 0.3) is 0 Å². The minimum Gasteiger partial charge on any atom is -0.384 e. The zero-order valence-electron chi connectivity index (χ0n) is 18.6. The van der Waals surface area contributed by atoms with Gasteiger partial charge >= 0.3 is 0 Å². The monoisotopic (exact) mass is 437 g/mol. The largest absolute Gasteiger partial charge is 0.384 e. The summed E-state index contributed by atoms with van der Waals surface area (Å²) in [5.41, 5.74) is 11.9. The Bertz CT molecular complexity index is 1440. The molecule has 5 aromatic heterocycles. The molecule has 0 aliphatic heterocycles. The van der Waals surface area contributed by atoms with E-state index in [0.717, 1.165) is 39.0 Å². The molecule has 5 rings (SSSR count). The molecule has 0 unspecified atom stereocenters. The minimum atomic E-state index is 0.363. The van der Waals surface area contributed by atoms with Crippen molar-refractivity contribution < 1.29 is 0 Å². The van der Waals surface area contributed by atoms with E-state index in [0.29, 0.717) is 23.4 Å². The van der Waals surface area contributed by atoms with Gasteiger partial charge in [-0.1, -0.05) is 13.8 Å². The molecule has 5 aromatic rings. The highest BCUT2D eigenvalue weighted by Gasteiger charge is 2.14. The number of rotatable bonds is 5. The van der Waals surface area contributed by atoms with Crippen LogP contribution in [0.4, 0.5) is 17.5 Å². The summed E-state index contributed by atoms with van der Waals surface area (Å²) in [6.07, 6.45) is 7.30. The molecule has 5 heterocycles. The van der Waals surface area contributed by atoms with Crippen molar-refractivity contribution in [2.75, 3.05) is 11.1 Å². The molecular formula is C24H23N9. The Hall–Kier alpha value is -4.40. The van der Waals surface area contributed by atoms with Gasteiger partial charge in [0, 0.05) is 42.3 Å². The zero-order valence-corrected chi connectivity index (χ0v) is 18.6. The maximum atomic E-state index is 5.74. The van der Waals surface area contributed by atoms with Gasteiger partial charge < -0.3 is 11.1 Å². The minimum absolute atomic E-state index is 0.363. The van der Waals surface area contributed by atoms with Crippen molar-refractivity contribution in [3.05, 3.63) is 66.7 Å². The van der Waals surface area contributed by atoms with Gasteiger partial charge in [-0.25, -0.2) is 9.97 Å². The Balaban J connectivity index is 1.52. The van der Waals surface area contributed by atoms with Crippen molar-refractivity contribution in [2.45, 2.75) is 19.8 Å². The third-order valence-electron chi connectivity index (χ3n) is 5.34. The second-order valence-electron chi connectivity index (χ2n) is 8.15. The highest BCUT2D eigenvalue weighted by Crippen LogP contribution is 2.32. The van der Waals surface area contributed by atoms with Gasteiger partial charge in [-0.3, -0.25) is 9.67 Å². The van der Waals surface area contributed by atoms with Gasteiger partial charge in [0.05, 0.1) is 17.2 Å². The lowest BCUT2D eigenvalue weighted by atomic mass is 10.0. The van der Waals surface area contributed by atoms with Crippen molar-refractivity contribution in [1.29, 1.82) is 0 Å². The fraction of sp³-hybridized carbons (Fsp3) is 0.167. The van der Waals surface area contributed by atoms with Crippen LogP contribution in [0.1, 0.15) is 25.3 Å². The fourth-order valence-corrected chi connectivity index (χ4v) is 3.57. The standard InChI is InChI=1S/C24H23N9/c1-14(2)16-9-23(31-28-12-16)30-22-7-5-19-20(29-22)8-17(11-26-19)18-13-33(3)32-24(18)15-4-6-21(25)27-10-15/h4-14H,1-3H3,(H2,25,27)(H,29,30,31). The number of aryl methyl sites for hydroxylation is 1. The fourth-order valence-electron chi connectivity index (χ4n) is 3.57. The first kappa shape index (κ1) is 20.5. The molecule has 0 bridgehead atoms. The predicted molar refractivity (Wildman–Crippen MR) is 129 cm³/mol. The van der Waals surface area contributed by atoms with Crippen molar-refractivity contribution in [2.24, 2.45) is 7.05 Å². The van der Waals surface area contributed by atoms with Crippen LogP contribution in [0.15, 0.2) is 61.2 Å². The summed E-state index contributed by atoms with van der Waals surface area (Å²) in [6.45, 7) is 4.24. The summed E-state index contributed by atoms with van der Waals surface area (Å²) in [7, 11) is 1.89. The first-order valence-electron chi connectivity index (χ1n) is 10.6. The summed E-state index contributed by atoms with van der Waals surface area (Å²) in [6, 6.07) is 11.5. The van der Waals surface area contributed by atoms with E-state index in [1.54, 1.807) is 23.1 Å². The molecule has 0 fully saturated rings. The number of nitrogens with zero attached hydrogens (tertiary/aromatic N) is 7. The maximum absolute atomic E-state index is 5.74. The Kier molecular flexibility index (Phi) is 5.14. The zero-order chi connectivity index (χ0) is 22.9. The molecule has 0 aliphatic carbocycles. The molecule has 9 heteroatoms. The van der Waals surface area contributed by atoms with E-state index in [1.807, 2.05) is 49.8 Å². The van der Waals surface area contributed by atoms with Gasteiger partial charge in [-0.2, -0.15) is 10.2 Å². The Morgan fingerprint density at radius 1 is 0.909 bits per heavy atom. The van der Waals surface area contributed by atoms with Gasteiger partial charge in [0.1, 0.15) is 17.3 Å². The average Bonchev–Trinajstić information content (AvgIpc) is 3.21. The Labute approximate surface area is 190 Å². The van der Waals surface area contributed by atoms with Crippen LogP contribution < -0.4 is 11.1 Å². The molecule has 0 spiro atoms. The van der Waals surface area contributed by atoms with E-state index >= 15 is 0 Å². The van der Waals surface area contributed by atoms with Crippen LogP contribution in [0.25, 0.3) is 33.4 Å². The number of nitrogen functional groups attached to an aromatic ring is 1. The van der Waals surface area contributed by atoms with Crippen molar-refractivity contribution in [1.82, 2.24) is 34.9 Å². The molecule has 0 atom stereocenters. The SMILES string of the molecule is CC(C)c1cnnc(Nc2ccc3ncc(-c4cn(C)nc4-c4ccc(N)nc4)cc3n2)c1. The lowest BCUT2D eigenvalue weighted by Crippen LogP contribution is -2.00. The molecule has 0 amide bonds. The van der Waals surface area contributed by atoms with E-state index in [4.69, 9.17) is 10.7 Å². The summed E-state index contributed by atoms with van der Waals surface area (Å²) in [5.74, 6) is 2.16. The van der Waals surface area contributed by atoms with Gasteiger partial charge in [-0.15, -0.1) is 5.10 Å². The maximum Gasteiger partial charge on any atom is 0.154 e. The van der Waals surface area contributed by atoms with Crippen LogP contribution in [0.5, 0.6) is 0 Å². The normalized spacial score (nSPS) is 11.3. The quantitative estimate of drug-likeness (QED) is 0.417. The van der Waals surface area contributed by atoms with Gasteiger partial charge in [0.15, 0.2) is 5.82 Å². The van der Waals surface area contributed by atoms with Crippen LogP contribution in [0.3, 0.4) is 0 Å². The number of nitrogens with two attached hydrogens (primary N) is 1. The van der Waals surface area contributed by atoms with E-state index in [-0.39, 0.29) is 0 Å². The third kappa shape index (κ3) is 4.20. The molecule has 33 heavy (non-hydrogen) atoms. The highest BCUT2D eigenvalue weighted by molar-refractivity contribution is 5.86. The number of anilines is 3. The Morgan fingerprint density at radius 3 is 2.55 bits per heavy atom. The summed E-state index contributed by atoms with van der Waals surface area (Å²) >= 11 is 0. The van der Waals surface area contributed by atoms with E-state index in [9.17, 15) is 0 Å². The molecule has 0 aromatic carbocycles. The Morgan fingerprint density at radius 2 is 1.76 bits per heavy atom. The van der Waals surface area contributed by atoms with E-state index in [1.165, 1.54) is 0 Å². The lowest BCUT2D eigenvalue weighted by Gasteiger charge is -2.09. The predicted octanol–water partition coefficient (Wildman–Crippen LogP) is 4.33. The molecule has 0 saturated carbocycles. The number of fused-ring (bicyclic) bond motifs is 1. The van der Waals surface area contributed by atoms with Crippen molar-refractivity contribution >= 4 is 28.5 Å². The molecular weight excluding hydrogens is 414 g/mol. The number of hydrogen-bond donors (Lipinski definition) is 2. The number of hydrogen-bond acceptors (Lipinski definition) is 8. The first-order chi connectivity index (χ1) is 16.0. The summed E-state index contributed by atoms with van der Waals surface area (Å²) in [4.78, 5) is 13.6. The van der Waals surface area contributed by atoms with Gasteiger partial charge in [0.2, 0.25) is 0 Å². The van der Waals surface area contributed by atoms with Crippen LogP contribution in [-0.2, 0) is 7.05 Å². The molecule has 0 radical (unpaired) electrons. The van der Waals surface area contributed by atoms with Gasteiger partial charge in [-0.05, 0) is 47.9 Å². The molecule has 9 nitrogen and oxygen atoms in total. The van der Waals surface area contributed by atoms with Crippen molar-refractivity contribution in [3.8, 4) is 22.4 Å². The van der Waals surface area contributed by atoms with Crippen LogP contribution in [-0.4, -0.2) is 34.9 Å². The second-order valence-corrected chi connectivity index (χ2v) is 8.15. The highest BCUT2D eigenvalue weighted by atomic mass is 15.3. The topological polar surface area (TPSA) is 120 Å². The number of pyridine rings is 3. The number of nitrogens with one attached hydrogen (secondary N) is 1. The smallest absolute Gasteiger partial charge is 0.154 e. The molecule has 0 aliphatic rings. The lowest BCUT2D eigenvalue weighted by molar-refractivity contribution is 0.771. The molecule has 164 valence electrons. The number of aromatic nitrogens is 7. The second kappa shape index (κ2) is 8.27. The average molecular weight is 438 g/mol. The third-order valence-corrected chi connectivity index (χ3v) is 5.34. The van der Waals surface area contributed by atoms with E-state index < -0.39 is 0 Å². The summed E-state index contributed by atoms with van der Waals surface area (Å²) in [5, 5.41) is 16.1. The summed E-state index contributed by atoms with van der Waals surface area (Å²) < 4.78 is 1.77. The molecule has 0 saturated heterocycles. The first-order valence-corrected chi connectivity index (χ1v) is 10.6. The van der Waals surface area contributed by atoms with Crippen LogP contribution >= 0.6 is 0 Å². The molecule has 3 N–H and O–H groups in total. The van der Waals surface area contributed by atoms with Crippen molar-refractivity contribution in [3.63, 3.8) is 0 Å². The van der Waals surface area contributed by atoms with E-state index in [2.05, 4.69) is 44.4 Å². The van der Waals surface area contributed by atoms with Crippen LogP contribution in [0, 0.1) is 0 Å².